The van der Waals surface area contributed by atoms with Gasteiger partial charge >= 0.3 is 0 Å². The van der Waals surface area contributed by atoms with E-state index in [1.54, 1.807) is 0 Å². The maximum absolute atomic E-state index is 12.6. The minimum Gasteiger partial charge on any atom is -0.481 e. The zero-order valence-electron chi connectivity index (χ0n) is 8.26. The maximum Gasteiger partial charge on any atom is 0.269 e. The third-order valence-electron chi connectivity index (χ3n) is 1.82. The van der Waals surface area contributed by atoms with Crippen LogP contribution in [-0.2, 0) is 5.33 Å². The van der Waals surface area contributed by atoms with E-state index >= 15 is 0 Å². The molecular formula is C9H10BrF2NO2. The molecule has 0 spiro atoms. The summed E-state index contributed by atoms with van der Waals surface area (Å²) in [4.78, 5) is 3.85. The molecule has 0 aromatic carbocycles. The fourth-order valence-corrected chi connectivity index (χ4v) is 1.53. The van der Waals surface area contributed by atoms with Gasteiger partial charge in [0, 0.05) is 10.9 Å². The van der Waals surface area contributed by atoms with E-state index in [-0.39, 0.29) is 17.3 Å². The lowest BCUT2D eigenvalue weighted by Gasteiger charge is -2.11. The van der Waals surface area contributed by atoms with Gasteiger partial charge in [0.2, 0.25) is 11.8 Å². The number of pyridine rings is 1. The van der Waals surface area contributed by atoms with Crippen molar-refractivity contribution in [2.75, 3.05) is 14.2 Å². The van der Waals surface area contributed by atoms with Crippen molar-refractivity contribution < 1.29 is 18.3 Å². The molecule has 0 radical (unpaired) electrons. The van der Waals surface area contributed by atoms with Crippen LogP contribution in [0.5, 0.6) is 11.8 Å². The topological polar surface area (TPSA) is 31.4 Å². The molecule has 0 saturated carbocycles. The predicted molar refractivity (Wildman–Crippen MR) is 54.9 cm³/mol. The van der Waals surface area contributed by atoms with Gasteiger partial charge in [0.1, 0.15) is 0 Å². The van der Waals surface area contributed by atoms with Gasteiger partial charge in [-0.15, -0.1) is 0 Å². The van der Waals surface area contributed by atoms with E-state index < -0.39 is 6.43 Å². The van der Waals surface area contributed by atoms with Crippen LogP contribution in [0.2, 0.25) is 0 Å². The van der Waals surface area contributed by atoms with Gasteiger partial charge < -0.3 is 9.47 Å². The highest BCUT2D eigenvalue weighted by molar-refractivity contribution is 9.08. The summed E-state index contributed by atoms with van der Waals surface area (Å²) in [6.45, 7) is 0. The van der Waals surface area contributed by atoms with Gasteiger partial charge in [0.05, 0.1) is 19.8 Å². The normalized spacial score (nSPS) is 10.5. The fourth-order valence-electron chi connectivity index (χ4n) is 1.13. The molecule has 0 fully saturated rings. The van der Waals surface area contributed by atoms with Crippen molar-refractivity contribution >= 4 is 15.9 Å². The number of ether oxygens (including phenoxy) is 2. The molecule has 0 atom stereocenters. The third kappa shape index (κ3) is 2.56. The SMILES string of the molecule is COc1nc(OC)c(C(F)F)cc1CBr. The van der Waals surface area contributed by atoms with E-state index in [4.69, 9.17) is 9.47 Å². The molecule has 0 amide bonds. The summed E-state index contributed by atoms with van der Waals surface area (Å²) in [5.41, 5.74) is 0.335. The molecule has 0 aliphatic heterocycles. The highest BCUT2D eigenvalue weighted by atomic mass is 79.9. The third-order valence-corrected chi connectivity index (χ3v) is 2.42. The van der Waals surface area contributed by atoms with Crippen molar-refractivity contribution in [1.82, 2.24) is 4.98 Å². The Morgan fingerprint density at radius 1 is 1.33 bits per heavy atom. The van der Waals surface area contributed by atoms with E-state index in [2.05, 4.69) is 20.9 Å². The smallest absolute Gasteiger partial charge is 0.269 e. The predicted octanol–water partition coefficient (Wildman–Crippen LogP) is 2.93. The summed E-state index contributed by atoms with van der Waals surface area (Å²) >= 11 is 3.17. The minimum atomic E-state index is -2.61. The molecule has 0 aliphatic carbocycles. The first-order valence-electron chi connectivity index (χ1n) is 4.10. The van der Waals surface area contributed by atoms with Gasteiger partial charge in [-0.25, -0.2) is 8.78 Å². The minimum absolute atomic E-state index is 0.105. The van der Waals surface area contributed by atoms with E-state index in [9.17, 15) is 8.78 Å². The monoisotopic (exact) mass is 281 g/mol. The van der Waals surface area contributed by atoms with Crippen LogP contribution >= 0.6 is 15.9 Å². The Kier molecular flexibility index (Phi) is 4.26. The van der Waals surface area contributed by atoms with E-state index in [0.717, 1.165) is 0 Å². The molecule has 0 saturated heterocycles. The highest BCUT2D eigenvalue weighted by Gasteiger charge is 2.19. The summed E-state index contributed by atoms with van der Waals surface area (Å²) < 4.78 is 34.9. The van der Waals surface area contributed by atoms with Crippen LogP contribution in [0.1, 0.15) is 17.6 Å². The zero-order chi connectivity index (χ0) is 11.4. The molecule has 6 heteroatoms. The van der Waals surface area contributed by atoms with Crippen molar-refractivity contribution in [3.63, 3.8) is 0 Å². The van der Waals surface area contributed by atoms with Gasteiger partial charge in [-0.3, -0.25) is 0 Å². The molecular weight excluding hydrogens is 272 g/mol. The van der Waals surface area contributed by atoms with Gasteiger partial charge in [-0.05, 0) is 6.07 Å². The van der Waals surface area contributed by atoms with Crippen LogP contribution in [0, 0.1) is 0 Å². The second kappa shape index (κ2) is 5.25. The van der Waals surface area contributed by atoms with Gasteiger partial charge in [-0.2, -0.15) is 4.98 Å². The Bertz CT molecular complexity index is 347. The van der Waals surface area contributed by atoms with Crippen LogP contribution in [0.25, 0.3) is 0 Å². The molecule has 84 valence electrons. The number of rotatable bonds is 4. The average Bonchev–Trinajstić information content (AvgIpc) is 2.26. The summed E-state index contributed by atoms with van der Waals surface area (Å²) in [6, 6.07) is 1.32. The molecule has 1 aromatic rings. The Morgan fingerprint density at radius 2 is 1.93 bits per heavy atom. The Labute approximate surface area is 94.5 Å². The highest BCUT2D eigenvalue weighted by Crippen LogP contribution is 2.32. The number of aromatic nitrogens is 1. The van der Waals surface area contributed by atoms with Crippen LogP contribution in [-0.4, -0.2) is 19.2 Å². The second-order valence-corrected chi connectivity index (χ2v) is 3.25. The summed E-state index contributed by atoms with van der Waals surface area (Å²) in [6.07, 6.45) is -2.61. The van der Waals surface area contributed by atoms with Gasteiger partial charge in [0.25, 0.3) is 6.43 Å². The Hall–Kier alpha value is -0.910. The quantitative estimate of drug-likeness (QED) is 0.796. The van der Waals surface area contributed by atoms with Gasteiger partial charge in [0.15, 0.2) is 0 Å². The average molecular weight is 282 g/mol. The summed E-state index contributed by atoms with van der Waals surface area (Å²) in [7, 11) is 2.72. The molecule has 0 aliphatic rings. The zero-order valence-corrected chi connectivity index (χ0v) is 9.85. The van der Waals surface area contributed by atoms with Crippen molar-refractivity contribution in [2.45, 2.75) is 11.8 Å². The van der Waals surface area contributed by atoms with E-state index in [0.29, 0.717) is 10.9 Å². The largest absolute Gasteiger partial charge is 0.481 e. The summed E-state index contributed by atoms with van der Waals surface area (Å²) in [5, 5.41) is 0.396. The van der Waals surface area contributed by atoms with Crippen LogP contribution in [0.15, 0.2) is 6.07 Å². The van der Waals surface area contributed by atoms with Crippen LogP contribution < -0.4 is 9.47 Å². The lowest BCUT2D eigenvalue weighted by atomic mass is 10.2. The second-order valence-electron chi connectivity index (χ2n) is 2.69. The Balaban J connectivity index is 3.27. The number of hydrogen-bond donors (Lipinski definition) is 0. The molecule has 15 heavy (non-hydrogen) atoms. The molecule has 1 aromatic heterocycles. The standard InChI is InChI=1S/C9H10BrF2NO2/c1-14-8-5(4-10)3-6(7(11)12)9(13-8)15-2/h3,7H,4H2,1-2H3. The van der Waals surface area contributed by atoms with E-state index in [1.165, 1.54) is 20.3 Å². The van der Waals surface area contributed by atoms with Crippen LogP contribution in [0.4, 0.5) is 8.78 Å². The number of hydrogen-bond acceptors (Lipinski definition) is 3. The molecule has 1 heterocycles. The lowest BCUT2D eigenvalue weighted by molar-refractivity contribution is 0.145. The molecule has 0 bridgehead atoms. The number of methoxy groups -OCH3 is 2. The van der Waals surface area contributed by atoms with Crippen molar-refractivity contribution in [3.8, 4) is 11.8 Å². The fraction of sp³-hybridized carbons (Fsp3) is 0.444. The van der Waals surface area contributed by atoms with Gasteiger partial charge in [-0.1, -0.05) is 15.9 Å². The maximum atomic E-state index is 12.6. The van der Waals surface area contributed by atoms with Crippen molar-refractivity contribution in [1.29, 1.82) is 0 Å². The van der Waals surface area contributed by atoms with Crippen LogP contribution in [0.3, 0.4) is 0 Å². The molecule has 0 N–H and O–H groups in total. The first-order chi connectivity index (χ1) is 7.13. The van der Waals surface area contributed by atoms with Crippen molar-refractivity contribution in [2.24, 2.45) is 0 Å². The first-order valence-corrected chi connectivity index (χ1v) is 5.22. The molecule has 0 unspecified atom stereocenters. The Morgan fingerprint density at radius 3 is 2.33 bits per heavy atom. The van der Waals surface area contributed by atoms with Crippen molar-refractivity contribution in [3.05, 3.63) is 17.2 Å². The number of nitrogens with zero attached hydrogens (tertiary/aromatic N) is 1. The number of halogens is 3. The molecule has 1 rings (SSSR count). The molecule has 3 nitrogen and oxygen atoms in total. The first kappa shape index (κ1) is 12.2. The van der Waals surface area contributed by atoms with E-state index in [1.807, 2.05) is 0 Å². The summed E-state index contributed by atoms with van der Waals surface area (Å²) in [5.74, 6) is 0.180. The lowest BCUT2D eigenvalue weighted by Crippen LogP contribution is -2.01. The number of alkyl halides is 3.